The molecule has 0 unspecified atom stereocenters. The molecule has 0 aromatic heterocycles. The van der Waals surface area contributed by atoms with E-state index in [1.54, 1.807) is 0 Å². The predicted molar refractivity (Wildman–Crippen MR) is 67.9 cm³/mol. The smallest absolute Gasteiger partial charge is 0.323 e. The van der Waals surface area contributed by atoms with Gasteiger partial charge in [-0.15, -0.1) is 0 Å². The van der Waals surface area contributed by atoms with Crippen LogP contribution in [0.5, 0.6) is 0 Å². The summed E-state index contributed by atoms with van der Waals surface area (Å²) in [6.45, 7) is 3.78. The maximum atomic E-state index is 12.3. The van der Waals surface area contributed by atoms with E-state index < -0.39 is 17.4 Å². The van der Waals surface area contributed by atoms with Crippen LogP contribution in [0.4, 0.5) is 0 Å². The van der Waals surface area contributed by atoms with Gasteiger partial charge in [0.05, 0.1) is 14.2 Å². The van der Waals surface area contributed by atoms with Crippen molar-refractivity contribution in [3.8, 4) is 0 Å². The lowest BCUT2D eigenvalue weighted by Crippen LogP contribution is -2.51. The Balaban J connectivity index is 3.18. The Kier molecular flexibility index (Phi) is 5.17. The second-order valence-corrected chi connectivity index (χ2v) is 5.34. The monoisotopic (exact) mass is 256 g/mol. The molecule has 0 atom stereocenters. The molecule has 0 N–H and O–H groups in total. The molecule has 18 heavy (non-hydrogen) atoms. The van der Waals surface area contributed by atoms with Crippen LogP contribution in [0.3, 0.4) is 0 Å². The van der Waals surface area contributed by atoms with E-state index >= 15 is 0 Å². The first-order valence-electron chi connectivity index (χ1n) is 6.68. The quantitative estimate of drug-likeness (QED) is 0.573. The summed E-state index contributed by atoms with van der Waals surface area (Å²) in [5, 5.41) is 0. The summed E-state index contributed by atoms with van der Waals surface area (Å²) in [6.07, 6.45) is 5.08. The summed E-state index contributed by atoms with van der Waals surface area (Å²) in [6, 6.07) is 0. The van der Waals surface area contributed by atoms with Gasteiger partial charge in [0.1, 0.15) is 0 Å². The predicted octanol–water partition coefficient (Wildman–Crippen LogP) is 2.56. The second-order valence-electron chi connectivity index (χ2n) is 5.34. The summed E-state index contributed by atoms with van der Waals surface area (Å²) >= 11 is 0. The van der Waals surface area contributed by atoms with Crippen LogP contribution in [-0.4, -0.2) is 26.2 Å². The topological polar surface area (TPSA) is 52.6 Å². The molecule has 1 aliphatic carbocycles. The average Bonchev–Trinajstić information content (AvgIpc) is 2.39. The largest absolute Gasteiger partial charge is 0.468 e. The van der Waals surface area contributed by atoms with Gasteiger partial charge in [0.15, 0.2) is 5.41 Å². The first kappa shape index (κ1) is 15.0. The molecule has 0 aromatic rings. The third-order valence-electron chi connectivity index (χ3n) is 4.21. The zero-order chi connectivity index (χ0) is 13.8. The molecule has 0 bridgehead atoms. The van der Waals surface area contributed by atoms with Crippen LogP contribution in [-0.2, 0) is 19.1 Å². The summed E-state index contributed by atoms with van der Waals surface area (Å²) < 4.78 is 9.83. The zero-order valence-corrected chi connectivity index (χ0v) is 11.8. The first-order chi connectivity index (χ1) is 8.51. The van der Waals surface area contributed by atoms with Gasteiger partial charge < -0.3 is 9.47 Å². The molecule has 1 saturated carbocycles. The molecule has 0 radical (unpaired) electrons. The van der Waals surface area contributed by atoms with Crippen LogP contribution >= 0.6 is 0 Å². The van der Waals surface area contributed by atoms with E-state index in [2.05, 4.69) is 0 Å². The van der Waals surface area contributed by atoms with Gasteiger partial charge in [-0.05, 0) is 24.7 Å². The van der Waals surface area contributed by atoms with Gasteiger partial charge in [-0.2, -0.15) is 0 Å². The van der Waals surface area contributed by atoms with Gasteiger partial charge in [0.2, 0.25) is 0 Å². The summed E-state index contributed by atoms with van der Waals surface area (Å²) in [5.41, 5.74) is -1.14. The van der Waals surface area contributed by atoms with Crippen LogP contribution in [0.1, 0.15) is 46.0 Å². The first-order valence-corrected chi connectivity index (χ1v) is 6.68. The Morgan fingerprint density at radius 2 is 1.44 bits per heavy atom. The van der Waals surface area contributed by atoms with Crippen LogP contribution in [0.15, 0.2) is 0 Å². The van der Waals surface area contributed by atoms with E-state index in [4.69, 9.17) is 9.47 Å². The zero-order valence-electron chi connectivity index (χ0n) is 11.8. The molecule has 104 valence electrons. The Morgan fingerprint density at radius 1 is 1.00 bits per heavy atom. The molecule has 4 nitrogen and oxygen atoms in total. The van der Waals surface area contributed by atoms with Crippen molar-refractivity contribution < 1.29 is 19.1 Å². The van der Waals surface area contributed by atoms with Crippen LogP contribution < -0.4 is 0 Å². The van der Waals surface area contributed by atoms with E-state index in [9.17, 15) is 9.59 Å². The number of methoxy groups -OCH3 is 2. The Bertz CT molecular complexity index is 287. The average molecular weight is 256 g/mol. The van der Waals surface area contributed by atoms with Crippen LogP contribution in [0.2, 0.25) is 0 Å². The standard InChI is InChI=1S/C14H24O4/c1-10(2)14(12(15)17-3,13(16)18-4)11-8-6-5-7-9-11/h10-11H,5-9H2,1-4H3. The molecular weight excluding hydrogens is 232 g/mol. The number of hydrogen-bond donors (Lipinski definition) is 0. The van der Waals surface area contributed by atoms with Crippen LogP contribution in [0.25, 0.3) is 0 Å². The molecule has 1 fully saturated rings. The molecule has 0 aromatic carbocycles. The maximum absolute atomic E-state index is 12.3. The van der Waals surface area contributed by atoms with Crippen molar-refractivity contribution in [3.05, 3.63) is 0 Å². The molecule has 0 amide bonds. The minimum atomic E-state index is -1.14. The van der Waals surface area contributed by atoms with Crippen molar-refractivity contribution in [2.75, 3.05) is 14.2 Å². The highest BCUT2D eigenvalue weighted by molar-refractivity contribution is 6.00. The lowest BCUT2D eigenvalue weighted by molar-refractivity contribution is -0.179. The van der Waals surface area contributed by atoms with E-state index in [0.717, 1.165) is 25.7 Å². The van der Waals surface area contributed by atoms with Crippen molar-refractivity contribution in [1.82, 2.24) is 0 Å². The number of carbonyl (C=O) groups excluding carboxylic acids is 2. The van der Waals surface area contributed by atoms with Crippen molar-refractivity contribution in [2.45, 2.75) is 46.0 Å². The highest BCUT2D eigenvalue weighted by Gasteiger charge is 2.56. The molecule has 1 rings (SSSR count). The van der Waals surface area contributed by atoms with Gasteiger partial charge >= 0.3 is 11.9 Å². The lowest BCUT2D eigenvalue weighted by atomic mass is 9.63. The molecule has 4 heteroatoms. The molecule has 1 aliphatic rings. The third-order valence-corrected chi connectivity index (χ3v) is 4.21. The summed E-state index contributed by atoms with van der Waals surface area (Å²) in [5.74, 6) is -0.987. The molecule has 0 spiro atoms. The second kappa shape index (κ2) is 6.21. The van der Waals surface area contributed by atoms with Crippen molar-refractivity contribution in [3.63, 3.8) is 0 Å². The van der Waals surface area contributed by atoms with E-state index in [1.807, 2.05) is 13.8 Å². The van der Waals surface area contributed by atoms with Crippen molar-refractivity contribution in [2.24, 2.45) is 17.3 Å². The van der Waals surface area contributed by atoms with E-state index in [0.29, 0.717) is 0 Å². The molecule has 0 heterocycles. The fourth-order valence-corrected chi connectivity index (χ4v) is 3.26. The van der Waals surface area contributed by atoms with Crippen molar-refractivity contribution in [1.29, 1.82) is 0 Å². The number of esters is 2. The van der Waals surface area contributed by atoms with Gasteiger partial charge in [0.25, 0.3) is 0 Å². The van der Waals surface area contributed by atoms with Gasteiger partial charge in [-0.1, -0.05) is 33.1 Å². The van der Waals surface area contributed by atoms with E-state index in [1.165, 1.54) is 20.6 Å². The maximum Gasteiger partial charge on any atom is 0.323 e. The van der Waals surface area contributed by atoms with Gasteiger partial charge in [0, 0.05) is 0 Å². The van der Waals surface area contributed by atoms with Crippen LogP contribution in [0, 0.1) is 17.3 Å². The minimum Gasteiger partial charge on any atom is -0.468 e. The Hall–Kier alpha value is -1.06. The normalized spacial score (nSPS) is 17.6. The molecule has 0 saturated heterocycles. The lowest BCUT2D eigenvalue weighted by Gasteiger charge is -2.40. The molecule has 0 aliphatic heterocycles. The van der Waals surface area contributed by atoms with E-state index in [-0.39, 0.29) is 11.8 Å². The third kappa shape index (κ3) is 2.38. The Labute approximate surface area is 109 Å². The fraction of sp³-hybridized carbons (Fsp3) is 0.857. The number of ether oxygens (including phenoxy) is 2. The Morgan fingerprint density at radius 3 is 1.78 bits per heavy atom. The number of hydrogen-bond acceptors (Lipinski definition) is 4. The highest BCUT2D eigenvalue weighted by atomic mass is 16.5. The van der Waals surface area contributed by atoms with Crippen molar-refractivity contribution >= 4 is 11.9 Å². The minimum absolute atomic E-state index is 0.0335. The van der Waals surface area contributed by atoms with Gasteiger partial charge in [-0.25, -0.2) is 0 Å². The highest BCUT2D eigenvalue weighted by Crippen LogP contribution is 2.45. The fourth-order valence-electron chi connectivity index (χ4n) is 3.26. The number of rotatable bonds is 4. The number of carbonyl (C=O) groups is 2. The summed E-state index contributed by atoms with van der Waals surface area (Å²) in [7, 11) is 2.68. The molecular formula is C14H24O4. The van der Waals surface area contributed by atoms with Gasteiger partial charge in [-0.3, -0.25) is 9.59 Å². The SMILES string of the molecule is COC(=O)C(C(=O)OC)(C(C)C)C1CCCCC1. The summed E-state index contributed by atoms with van der Waals surface area (Å²) in [4.78, 5) is 24.5.